The van der Waals surface area contributed by atoms with Gasteiger partial charge in [0.25, 0.3) is 0 Å². The van der Waals surface area contributed by atoms with Gasteiger partial charge in [0.15, 0.2) is 0 Å². The third-order valence-electron chi connectivity index (χ3n) is 5.86. The van der Waals surface area contributed by atoms with Crippen LogP contribution in [0.3, 0.4) is 0 Å². The molecule has 0 fully saturated rings. The maximum atomic E-state index is 15.0. The second kappa shape index (κ2) is 7.84. The fraction of sp³-hybridized carbons (Fsp3) is 0.308. The molecular formula is C26H31O2P. The fourth-order valence-corrected chi connectivity index (χ4v) is 7.96. The lowest BCUT2D eigenvalue weighted by Gasteiger charge is -2.26. The molecule has 0 saturated heterocycles. The molecule has 0 bridgehead atoms. The summed E-state index contributed by atoms with van der Waals surface area (Å²) in [7, 11) is -3.03. The van der Waals surface area contributed by atoms with Crippen LogP contribution in [0.5, 0.6) is 5.75 Å². The van der Waals surface area contributed by atoms with Crippen molar-refractivity contribution in [3.8, 4) is 5.75 Å². The van der Waals surface area contributed by atoms with Crippen molar-refractivity contribution in [2.45, 2.75) is 54.6 Å². The zero-order chi connectivity index (χ0) is 21.5. The molecule has 0 amide bonds. The number of hydrogen-bond acceptors (Lipinski definition) is 2. The number of phenolic OH excluding ortho intramolecular Hbond substituents is 1. The second-order valence-electron chi connectivity index (χ2n) is 8.49. The Morgan fingerprint density at radius 3 is 1.86 bits per heavy atom. The number of aromatic hydroxyl groups is 1. The van der Waals surface area contributed by atoms with E-state index < -0.39 is 7.14 Å². The smallest absolute Gasteiger partial charge is 0.148 e. The maximum Gasteiger partial charge on any atom is 0.148 e. The Morgan fingerprint density at radius 2 is 1.24 bits per heavy atom. The first kappa shape index (κ1) is 21.4. The summed E-state index contributed by atoms with van der Waals surface area (Å²) in [6.07, 6.45) is 0.457. The van der Waals surface area contributed by atoms with Crippen LogP contribution in [-0.4, -0.2) is 5.11 Å². The van der Waals surface area contributed by atoms with Crippen molar-refractivity contribution >= 4 is 17.8 Å². The van der Waals surface area contributed by atoms with Gasteiger partial charge in [-0.05, 0) is 94.5 Å². The van der Waals surface area contributed by atoms with Crippen LogP contribution in [0.2, 0.25) is 0 Å². The molecule has 1 N–H and O–H groups in total. The van der Waals surface area contributed by atoms with Crippen molar-refractivity contribution in [2.24, 2.45) is 0 Å². The zero-order valence-electron chi connectivity index (χ0n) is 18.6. The molecular weight excluding hydrogens is 375 g/mol. The summed E-state index contributed by atoms with van der Waals surface area (Å²) in [4.78, 5) is 0. The summed E-state index contributed by atoms with van der Waals surface area (Å²) in [5.41, 5.74) is 8.45. The minimum absolute atomic E-state index is 0.211. The molecule has 0 radical (unpaired) electrons. The lowest BCUT2D eigenvalue weighted by molar-refractivity contribution is 0.471. The summed E-state index contributed by atoms with van der Waals surface area (Å²) >= 11 is 0. The predicted octanol–water partition coefficient (Wildman–Crippen LogP) is 6.07. The number of aryl methyl sites for hydroxylation is 6. The number of benzene rings is 3. The number of phenols is 1. The van der Waals surface area contributed by atoms with Crippen LogP contribution in [0.1, 0.15) is 44.5 Å². The summed E-state index contributed by atoms with van der Waals surface area (Å²) in [6, 6.07) is 14.2. The third kappa shape index (κ3) is 4.05. The van der Waals surface area contributed by atoms with Gasteiger partial charge in [-0.3, -0.25) is 0 Å². The van der Waals surface area contributed by atoms with Gasteiger partial charge in [0.05, 0.1) is 0 Å². The molecule has 0 aliphatic heterocycles. The van der Waals surface area contributed by atoms with Gasteiger partial charge in [0.2, 0.25) is 0 Å². The first-order valence-corrected chi connectivity index (χ1v) is 12.0. The Balaban J connectivity index is 2.35. The monoisotopic (exact) mass is 406 g/mol. The Bertz CT molecular complexity index is 1120. The normalized spacial score (nSPS) is 13.3. The van der Waals surface area contributed by atoms with Crippen molar-refractivity contribution in [3.05, 3.63) is 87.0 Å². The van der Waals surface area contributed by atoms with E-state index in [9.17, 15) is 9.67 Å². The van der Waals surface area contributed by atoms with Gasteiger partial charge >= 0.3 is 0 Å². The Hall–Kier alpha value is -2.31. The summed E-state index contributed by atoms with van der Waals surface area (Å²) in [5, 5.41) is 12.2. The van der Waals surface area contributed by atoms with Crippen molar-refractivity contribution in [1.82, 2.24) is 0 Å². The van der Waals surface area contributed by atoms with E-state index in [2.05, 4.69) is 51.1 Å². The quantitative estimate of drug-likeness (QED) is 0.534. The molecule has 0 heterocycles. The van der Waals surface area contributed by atoms with Crippen LogP contribution < -0.4 is 10.6 Å². The molecule has 0 aliphatic carbocycles. The molecule has 0 spiro atoms. The minimum Gasteiger partial charge on any atom is -0.508 e. The molecule has 1 atom stereocenters. The topological polar surface area (TPSA) is 37.3 Å². The molecule has 0 saturated carbocycles. The van der Waals surface area contributed by atoms with Crippen LogP contribution in [0.15, 0.2) is 42.5 Å². The minimum atomic E-state index is -3.03. The molecule has 1 unspecified atom stereocenters. The van der Waals surface area contributed by atoms with Gasteiger partial charge in [-0.2, -0.15) is 0 Å². The van der Waals surface area contributed by atoms with Crippen LogP contribution in [0.4, 0.5) is 0 Å². The summed E-state index contributed by atoms with van der Waals surface area (Å²) < 4.78 is 15.0. The Kier molecular flexibility index (Phi) is 5.79. The van der Waals surface area contributed by atoms with E-state index in [0.717, 1.165) is 32.9 Å². The first-order valence-electron chi connectivity index (χ1n) is 10.1. The van der Waals surface area contributed by atoms with E-state index in [1.54, 1.807) is 6.07 Å². The molecule has 0 aliphatic rings. The van der Waals surface area contributed by atoms with Crippen LogP contribution >= 0.6 is 7.14 Å². The molecule has 29 heavy (non-hydrogen) atoms. The summed E-state index contributed by atoms with van der Waals surface area (Å²) in [5.74, 6) is 0.211. The molecule has 3 heteroatoms. The van der Waals surface area contributed by atoms with E-state index >= 15 is 0 Å². The Morgan fingerprint density at radius 1 is 0.690 bits per heavy atom. The van der Waals surface area contributed by atoms with Crippen molar-refractivity contribution in [1.29, 1.82) is 0 Å². The van der Waals surface area contributed by atoms with Crippen molar-refractivity contribution in [3.63, 3.8) is 0 Å². The van der Waals surface area contributed by atoms with Gasteiger partial charge in [-0.25, -0.2) is 0 Å². The van der Waals surface area contributed by atoms with E-state index in [-0.39, 0.29) is 5.75 Å². The predicted molar refractivity (Wildman–Crippen MR) is 125 cm³/mol. The highest BCUT2D eigenvalue weighted by Gasteiger charge is 2.33. The molecule has 3 rings (SSSR count). The average molecular weight is 407 g/mol. The molecule has 0 aromatic heterocycles. The maximum absolute atomic E-state index is 15.0. The van der Waals surface area contributed by atoms with Crippen molar-refractivity contribution in [2.75, 3.05) is 0 Å². The van der Waals surface area contributed by atoms with Crippen LogP contribution in [0.25, 0.3) is 0 Å². The van der Waals surface area contributed by atoms with E-state index in [0.29, 0.717) is 11.7 Å². The van der Waals surface area contributed by atoms with Gasteiger partial charge in [0.1, 0.15) is 12.9 Å². The number of rotatable bonds is 4. The zero-order valence-corrected chi connectivity index (χ0v) is 19.4. The molecule has 152 valence electrons. The highest BCUT2D eigenvalue weighted by molar-refractivity contribution is 7.78. The van der Waals surface area contributed by atoms with E-state index in [1.807, 2.05) is 33.8 Å². The third-order valence-corrected chi connectivity index (χ3v) is 9.13. The SMILES string of the molecule is Cc1cc(C)c(CP(=O)(c2cc(C)ccc2C)c2cc(C)cc(O)c2C)c(C)c1. The molecule has 3 aromatic rings. The van der Waals surface area contributed by atoms with E-state index in [1.165, 1.54) is 16.7 Å². The Labute approximate surface area is 175 Å². The summed E-state index contributed by atoms with van der Waals surface area (Å²) in [6.45, 7) is 14.2. The van der Waals surface area contributed by atoms with Crippen LogP contribution in [-0.2, 0) is 10.7 Å². The van der Waals surface area contributed by atoms with Gasteiger partial charge in [0, 0.05) is 22.3 Å². The standard InChI is InChI=1S/C26H31O2P/c1-16-8-9-19(4)25(13-16)29(28,26-14-18(3)12-24(27)22(26)7)15-23-20(5)10-17(2)11-21(23)6/h8-14,27H,15H2,1-7H3. The molecule has 3 aromatic carbocycles. The van der Waals surface area contributed by atoms with Crippen molar-refractivity contribution < 1.29 is 9.67 Å². The van der Waals surface area contributed by atoms with E-state index in [4.69, 9.17) is 0 Å². The fourth-order valence-electron chi connectivity index (χ4n) is 4.29. The highest BCUT2D eigenvalue weighted by Crippen LogP contribution is 2.50. The highest BCUT2D eigenvalue weighted by atomic mass is 31.2. The van der Waals surface area contributed by atoms with Gasteiger partial charge < -0.3 is 9.67 Å². The average Bonchev–Trinajstić information content (AvgIpc) is 2.63. The van der Waals surface area contributed by atoms with Gasteiger partial charge in [-0.15, -0.1) is 0 Å². The van der Waals surface area contributed by atoms with Gasteiger partial charge in [-0.1, -0.05) is 35.4 Å². The molecule has 2 nitrogen and oxygen atoms in total. The lowest BCUT2D eigenvalue weighted by Crippen LogP contribution is -2.23. The largest absolute Gasteiger partial charge is 0.508 e. The lowest BCUT2D eigenvalue weighted by atomic mass is 10.0. The second-order valence-corrected chi connectivity index (χ2v) is 11.3. The first-order chi connectivity index (χ1) is 13.5. The number of hydrogen-bond donors (Lipinski definition) is 1. The van der Waals surface area contributed by atoms with Crippen LogP contribution in [0, 0.1) is 48.5 Å².